The van der Waals surface area contributed by atoms with Gasteiger partial charge in [-0.1, -0.05) is 11.6 Å². The zero-order valence-electron chi connectivity index (χ0n) is 6.81. The number of rotatable bonds is 4. The summed E-state index contributed by atoms with van der Waals surface area (Å²) in [6.07, 6.45) is 2.87. The first-order valence-electron chi connectivity index (χ1n) is 3.72. The van der Waals surface area contributed by atoms with Crippen LogP contribution in [0.2, 0.25) is 5.02 Å². The molecule has 0 saturated heterocycles. The number of anilines is 1. The maximum Gasteiger partial charge on any atom is 0.223 e. The maximum absolute atomic E-state index is 8.74. The standard InChI is InChI=1S/C7H10ClN3O2/c8-5-1-9-7(10-2-5)11-6(3-12)4-13/h1-2,6,12-13H,3-4H2,(H,9,10,11). The molecule has 0 fully saturated rings. The van der Waals surface area contributed by atoms with Crippen molar-refractivity contribution in [3.63, 3.8) is 0 Å². The number of nitrogens with one attached hydrogen (secondary N) is 1. The second-order valence-electron chi connectivity index (χ2n) is 2.43. The molecule has 0 bridgehead atoms. The van der Waals surface area contributed by atoms with Crippen LogP contribution in [0.3, 0.4) is 0 Å². The molecule has 1 rings (SSSR count). The Bertz CT molecular complexity index is 250. The molecule has 1 aromatic heterocycles. The summed E-state index contributed by atoms with van der Waals surface area (Å²) in [5.74, 6) is 0.331. The highest BCUT2D eigenvalue weighted by Gasteiger charge is 2.06. The molecule has 3 N–H and O–H groups in total. The normalized spacial score (nSPS) is 10.5. The number of aliphatic hydroxyl groups is 2. The van der Waals surface area contributed by atoms with E-state index in [0.29, 0.717) is 11.0 Å². The Morgan fingerprint density at radius 2 is 1.85 bits per heavy atom. The van der Waals surface area contributed by atoms with Gasteiger partial charge in [-0.25, -0.2) is 9.97 Å². The van der Waals surface area contributed by atoms with Crippen LogP contribution in [0.1, 0.15) is 0 Å². The van der Waals surface area contributed by atoms with E-state index in [4.69, 9.17) is 21.8 Å². The van der Waals surface area contributed by atoms with Crippen LogP contribution in [-0.4, -0.2) is 39.4 Å². The van der Waals surface area contributed by atoms with E-state index < -0.39 is 6.04 Å². The number of aromatic nitrogens is 2. The van der Waals surface area contributed by atoms with E-state index in [0.717, 1.165) is 0 Å². The third-order valence-electron chi connectivity index (χ3n) is 1.39. The van der Waals surface area contributed by atoms with E-state index in [9.17, 15) is 0 Å². The van der Waals surface area contributed by atoms with Gasteiger partial charge in [0.1, 0.15) is 0 Å². The quantitative estimate of drug-likeness (QED) is 0.637. The van der Waals surface area contributed by atoms with Crippen molar-refractivity contribution in [2.45, 2.75) is 6.04 Å². The fourth-order valence-electron chi connectivity index (χ4n) is 0.718. The van der Waals surface area contributed by atoms with Crippen molar-refractivity contribution in [1.29, 1.82) is 0 Å². The number of nitrogens with zero attached hydrogens (tertiary/aromatic N) is 2. The van der Waals surface area contributed by atoms with Crippen LogP contribution >= 0.6 is 11.6 Å². The van der Waals surface area contributed by atoms with Crippen LogP contribution in [0.4, 0.5) is 5.95 Å². The zero-order valence-corrected chi connectivity index (χ0v) is 7.57. The lowest BCUT2D eigenvalue weighted by atomic mass is 10.3. The van der Waals surface area contributed by atoms with Crippen molar-refractivity contribution >= 4 is 17.5 Å². The zero-order chi connectivity index (χ0) is 9.68. The predicted molar refractivity (Wildman–Crippen MR) is 48.6 cm³/mol. The van der Waals surface area contributed by atoms with Gasteiger partial charge in [0.2, 0.25) is 5.95 Å². The van der Waals surface area contributed by atoms with E-state index in [1.807, 2.05) is 0 Å². The van der Waals surface area contributed by atoms with Gasteiger partial charge in [-0.2, -0.15) is 0 Å². The maximum atomic E-state index is 8.74. The molecule has 0 radical (unpaired) electrons. The fraction of sp³-hybridized carbons (Fsp3) is 0.429. The Labute approximate surface area is 80.4 Å². The van der Waals surface area contributed by atoms with Gasteiger partial charge in [0.05, 0.1) is 36.7 Å². The molecular weight excluding hydrogens is 194 g/mol. The van der Waals surface area contributed by atoms with Crippen molar-refractivity contribution in [2.75, 3.05) is 18.5 Å². The molecule has 0 aliphatic heterocycles. The summed E-state index contributed by atoms with van der Waals surface area (Å²) in [6.45, 7) is -0.356. The summed E-state index contributed by atoms with van der Waals surface area (Å²) in [5, 5.41) is 20.6. The van der Waals surface area contributed by atoms with Crippen molar-refractivity contribution in [1.82, 2.24) is 9.97 Å². The van der Waals surface area contributed by atoms with Crippen LogP contribution in [0.25, 0.3) is 0 Å². The topological polar surface area (TPSA) is 78.3 Å². The first-order chi connectivity index (χ1) is 6.26. The van der Waals surface area contributed by atoms with Crippen LogP contribution in [0.5, 0.6) is 0 Å². The van der Waals surface area contributed by atoms with Crippen molar-refractivity contribution in [3.8, 4) is 0 Å². The summed E-state index contributed by atoms with van der Waals surface area (Å²) >= 11 is 5.56. The van der Waals surface area contributed by atoms with Crippen LogP contribution in [0, 0.1) is 0 Å². The minimum Gasteiger partial charge on any atom is -0.394 e. The average molecular weight is 204 g/mol. The Hall–Kier alpha value is -0.910. The summed E-state index contributed by atoms with van der Waals surface area (Å²) in [7, 11) is 0. The van der Waals surface area contributed by atoms with Gasteiger partial charge in [-0.05, 0) is 0 Å². The molecule has 0 aliphatic rings. The first kappa shape index (κ1) is 10.2. The lowest BCUT2D eigenvalue weighted by Gasteiger charge is -2.12. The Balaban J connectivity index is 2.58. The second kappa shape index (κ2) is 4.96. The van der Waals surface area contributed by atoms with Crippen LogP contribution < -0.4 is 5.32 Å². The third-order valence-corrected chi connectivity index (χ3v) is 1.59. The lowest BCUT2D eigenvalue weighted by molar-refractivity contribution is 0.203. The molecule has 0 saturated carbocycles. The van der Waals surface area contributed by atoms with Gasteiger partial charge in [0, 0.05) is 0 Å². The van der Waals surface area contributed by atoms with Gasteiger partial charge >= 0.3 is 0 Å². The molecule has 6 heteroatoms. The van der Waals surface area contributed by atoms with E-state index in [1.165, 1.54) is 12.4 Å². The molecule has 0 atom stereocenters. The first-order valence-corrected chi connectivity index (χ1v) is 4.10. The molecule has 1 aromatic rings. The second-order valence-corrected chi connectivity index (χ2v) is 2.87. The summed E-state index contributed by atoms with van der Waals surface area (Å²) < 4.78 is 0. The average Bonchev–Trinajstić information content (AvgIpc) is 2.17. The molecule has 0 unspecified atom stereocenters. The monoisotopic (exact) mass is 203 g/mol. The minimum absolute atomic E-state index is 0.178. The molecule has 13 heavy (non-hydrogen) atoms. The molecule has 0 spiro atoms. The minimum atomic E-state index is -0.443. The summed E-state index contributed by atoms with van der Waals surface area (Å²) in [6, 6.07) is -0.443. The number of halogens is 1. The fourth-order valence-corrected chi connectivity index (χ4v) is 0.816. The molecule has 0 amide bonds. The van der Waals surface area contributed by atoms with Gasteiger partial charge in [-0.15, -0.1) is 0 Å². The third kappa shape index (κ3) is 3.14. The van der Waals surface area contributed by atoms with Crippen LogP contribution in [-0.2, 0) is 0 Å². The number of hydrogen-bond acceptors (Lipinski definition) is 5. The summed E-state index contributed by atoms with van der Waals surface area (Å²) in [5.41, 5.74) is 0. The van der Waals surface area contributed by atoms with E-state index in [1.54, 1.807) is 0 Å². The molecular formula is C7H10ClN3O2. The summed E-state index contributed by atoms with van der Waals surface area (Å²) in [4.78, 5) is 7.68. The highest BCUT2D eigenvalue weighted by Crippen LogP contribution is 2.06. The SMILES string of the molecule is OCC(CO)Nc1ncc(Cl)cn1. The van der Waals surface area contributed by atoms with Gasteiger partial charge in [0.15, 0.2) is 0 Å². The predicted octanol–water partition coefficient (Wildman–Crippen LogP) is -0.105. The van der Waals surface area contributed by atoms with Gasteiger partial charge < -0.3 is 15.5 Å². The highest BCUT2D eigenvalue weighted by atomic mass is 35.5. The highest BCUT2D eigenvalue weighted by molar-refractivity contribution is 6.30. The molecule has 5 nitrogen and oxygen atoms in total. The van der Waals surface area contributed by atoms with Gasteiger partial charge in [-0.3, -0.25) is 0 Å². The van der Waals surface area contributed by atoms with Crippen molar-refractivity contribution in [3.05, 3.63) is 17.4 Å². The Morgan fingerprint density at radius 1 is 1.31 bits per heavy atom. The molecule has 1 heterocycles. The van der Waals surface area contributed by atoms with E-state index in [2.05, 4.69) is 15.3 Å². The Morgan fingerprint density at radius 3 is 2.31 bits per heavy atom. The van der Waals surface area contributed by atoms with Crippen LogP contribution in [0.15, 0.2) is 12.4 Å². The lowest BCUT2D eigenvalue weighted by Crippen LogP contribution is -2.28. The van der Waals surface area contributed by atoms with Gasteiger partial charge in [0.25, 0.3) is 0 Å². The van der Waals surface area contributed by atoms with E-state index >= 15 is 0 Å². The van der Waals surface area contributed by atoms with Crippen molar-refractivity contribution in [2.24, 2.45) is 0 Å². The Kier molecular flexibility index (Phi) is 3.88. The van der Waals surface area contributed by atoms with E-state index in [-0.39, 0.29) is 13.2 Å². The smallest absolute Gasteiger partial charge is 0.223 e. The molecule has 0 aliphatic carbocycles. The molecule has 0 aromatic carbocycles. The number of hydrogen-bond donors (Lipinski definition) is 3. The van der Waals surface area contributed by atoms with Crippen molar-refractivity contribution < 1.29 is 10.2 Å². The number of aliphatic hydroxyl groups excluding tert-OH is 2. The largest absolute Gasteiger partial charge is 0.394 e. The molecule has 72 valence electrons.